The minimum Gasteiger partial charge on any atom is -0.309 e. The van der Waals surface area contributed by atoms with Gasteiger partial charge in [-0.25, -0.2) is 15.0 Å². The summed E-state index contributed by atoms with van der Waals surface area (Å²) < 4.78 is 4.87. The summed E-state index contributed by atoms with van der Waals surface area (Å²) in [5.74, 6) is 1.98. The highest BCUT2D eigenvalue weighted by Gasteiger charge is 2.18. The fourth-order valence-corrected chi connectivity index (χ4v) is 8.20. The summed E-state index contributed by atoms with van der Waals surface area (Å²) in [6, 6.07) is 59.8. The van der Waals surface area contributed by atoms with Gasteiger partial charge in [-0.1, -0.05) is 115 Å². The van der Waals surface area contributed by atoms with Gasteiger partial charge in [0.25, 0.3) is 0 Å². The second-order valence-corrected chi connectivity index (χ2v) is 13.5. The van der Waals surface area contributed by atoms with E-state index >= 15 is 0 Å². The maximum atomic E-state index is 5.01. The van der Waals surface area contributed by atoms with Crippen LogP contribution in [0.4, 0.5) is 0 Å². The molecule has 0 spiro atoms. The summed E-state index contributed by atoms with van der Waals surface area (Å²) >= 11 is 1.82. The van der Waals surface area contributed by atoms with E-state index in [9.17, 15) is 0 Å². The van der Waals surface area contributed by atoms with Crippen LogP contribution in [-0.4, -0.2) is 19.5 Å². The highest BCUT2D eigenvalue weighted by Crippen LogP contribution is 2.42. The molecular formula is C45H28N4S. The molecule has 0 atom stereocenters. The Kier molecular flexibility index (Phi) is 6.64. The predicted molar refractivity (Wildman–Crippen MR) is 209 cm³/mol. The lowest BCUT2D eigenvalue weighted by Gasteiger charge is -2.09. The molecule has 0 aliphatic carbocycles. The van der Waals surface area contributed by atoms with E-state index < -0.39 is 0 Å². The second-order valence-electron chi connectivity index (χ2n) is 12.5. The molecule has 3 heterocycles. The van der Waals surface area contributed by atoms with Crippen LogP contribution >= 0.6 is 11.3 Å². The first-order valence-electron chi connectivity index (χ1n) is 16.7. The van der Waals surface area contributed by atoms with Gasteiger partial charge in [0.05, 0.1) is 11.0 Å². The summed E-state index contributed by atoms with van der Waals surface area (Å²) in [7, 11) is 0. The Morgan fingerprint density at radius 2 is 0.900 bits per heavy atom. The van der Waals surface area contributed by atoms with Crippen molar-refractivity contribution in [3.63, 3.8) is 0 Å². The molecular weight excluding hydrogens is 629 g/mol. The van der Waals surface area contributed by atoms with E-state index in [1.807, 2.05) is 72.0 Å². The zero-order valence-electron chi connectivity index (χ0n) is 26.9. The Hall–Kier alpha value is -6.43. The third-order valence-electron chi connectivity index (χ3n) is 9.45. The first-order chi connectivity index (χ1) is 24.8. The van der Waals surface area contributed by atoms with E-state index in [-0.39, 0.29) is 0 Å². The van der Waals surface area contributed by atoms with Crippen molar-refractivity contribution in [1.29, 1.82) is 0 Å². The Morgan fingerprint density at radius 1 is 0.380 bits per heavy atom. The SMILES string of the molecule is c1ccc(-c2nc(-c3ccccc3)nc(-c3ccc4sc5ccc(-c6cccc7c6c6ccccc6n7-c6ccccc6)cc5c4c3)n2)cc1. The lowest BCUT2D eigenvalue weighted by molar-refractivity contribution is 1.07. The molecule has 0 radical (unpaired) electrons. The van der Waals surface area contributed by atoms with Crippen molar-refractivity contribution in [2.24, 2.45) is 0 Å². The van der Waals surface area contributed by atoms with Crippen molar-refractivity contribution < 1.29 is 0 Å². The van der Waals surface area contributed by atoms with E-state index in [0.717, 1.165) is 22.4 Å². The van der Waals surface area contributed by atoms with Crippen molar-refractivity contribution >= 4 is 53.3 Å². The lowest BCUT2D eigenvalue weighted by atomic mass is 9.97. The molecule has 0 fully saturated rings. The van der Waals surface area contributed by atoms with Gasteiger partial charge in [0, 0.05) is 53.3 Å². The summed E-state index contributed by atoms with van der Waals surface area (Å²) in [5, 5.41) is 4.94. The Balaban J connectivity index is 1.15. The molecule has 0 saturated heterocycles. The smallest absolute Gasteiger partial charge is 0.164 e. The monoisotopic (exact) mass is 656 g/mol. The van der Waals surface area contributed by atoms with Crippen LogP contribution in [0.2, 0.25) is 0 Å². The summed E-state index contributed by atoms with van der Waals surface area (Å²) in [6.45, 7) is 0. The van der Waals surface area contributed by atoms with Gasteiger partial charge in [0.15, 0.2) is 17.5 Å². The number of para-hydroxylation sites is 2. The average molecular weight is 657 g/mol. The van der Waals surface area contributed by atoms with Gasteiger partial charge in [-0.05, 0) is 65.7 Å². The average Bonchev–Trinajstić information content (AvgIpc) is 3.74. The standard InChI is InChI=1S/C45H28N4S/c1-4-13-29(14-5-1)43-46-44(30-15-6-2-7-16-30)48-45(47-43)32-24-26-41-37(28-32)36-27-31(23-25-40(36)50-41)34-20-12-22-39-42(34)35-19-10-11-21-38(35)49(39)33-17-8-3-9-18-33/h1-28H. The van der Waals surface area contributed by atoms with Gasteiger partial charge in [-0.2, -0.15) is 0 Å². The van der Waals surface area contributed by atoms with Crippen LogP contribution in [0.5, 0.6) is 0 Å². The topological polar surface area (TPSA) is 43.6 Å². The van der Waals surface area contributed by atoms with Crippen LogP contribution in [0, 0.1) is 0 Å². The van der Waals surface area contributed by atoms with Crippen LogP contribution in [0.15, 0.2) is 170 Å². The zero-order valence-corrected chi connectivity index (χ0v) is 27.7. The van der Waals surface area contributed by atoms with Gasteiger partial charge >= 0.3 is 0 Å². The third-order valence-corrected chi connectivity index (χ3v) is 10.6. The number of thiophene rings is 1. The molecule has 3 aromatic heterocycles. The molecule has 10 aromatic rings. The van der Waals surface area contributed by atoms with Crippen LogP contribution in [0.1, 0.15) is 0 Å². The van der Waals surface area contributed by atoms with Gasteiger partial charge in [0.2, 0.25) is 0 Å². The highest BCUT2D eigenvalue weighted by atomic mass is 32.1. The van der Waals surface area contributed by atoms with Crippen molar-refractivity contribution in [3.8, 4) is 51.0 Å². The highest BCUT2D eigenvalue weighted by molar-refractivity contribution is 7.25. The minimum absolute atomic E-state index is 0.661. The van der Waals surface area contributed by atoms with Gasteiger partial charge in [-0.3, -0.25) is 0 Å². The number of fused-ring (bicyclic) bond motifs is 6. The zero-order chi connectivity index (χ0) is 33.0. The quantitative estimate of drug-likeness (QED) is 0.185. The van der Waals surface area contributed by atoms with E-state index in [2.05, 4.69) is 114 Å². The van der Waals surface area contributed by atoms with E-state index in [0.29, 0.717) is 17.5 Å². The molecule has 0 N–H and O–H groups in total. The van der Waals surface area contributed by atoms with E-state index in [1.54, 1.807) is 0 Å². The van der Waals surface area contributed by atoms with Crippen LogP contribution < -0.4 is 0 Å². The van der Waals surface area contributed by atoms with Crippen LogP contribution in [-0.2, 0) is 0 Å². The first kappa shape index (κ1) is 28.6. The van der Waals surface area contributed by atoms with E-state index in [4.69, 9.17) is 15.0 Å². The molecule has 10 rings (SSSR count). The number of benzene rings is 7. The summed E-state index contributed by atoms with van der Waals surface area (Å²) in [5.41, 5.74) is 8.87. The Morgan fingerprint density at radius 3 is 1.56 bits per heavy atom. The number of rotatable bonds is 5. The van der Waals surface area contributed by atoms with Crippen molar-refractivity contribution in [3.05, 3.63) is 170 Å². The number of hydrogen-bond acceptors (Lipinski definition) is 4. The largest absolute Gasteiger partial charge is 0.309 e. The Bertz CT molecular complexity index is 2800. The Labute approximate surface area is 292 Å². The number of hydrogen-bond donors (Lipinski definition) is 0. The number of nitrogens with zero attached hydrogens (tertiary/aromatic N) is 4. The fourth-order valence-electron chi connectivity index (χ4n) is 7.14. The molecule has 0 bridgehead atoms. The van der Waals surface area contributed by atoms with Crippen LogP contribution in [0.25, 0.3) is 93.0 Å². The molecule has 7 aromatic carbocycles. The molecule has 0 aliphatic heterocycles. The van der Waals surface area contributed by atoms with Gasteiger partial charge in [-0.15, -0.1) is 11.3 Å². The molecule has 0 saturated carbocycles. The minimum atomic E-state index is 0.661. The molecule has 0 amide bonds. The molecule has 0 unspecified atom stereocenters. The maximum absolute atomic E-state index is 5.01. The molecule has 234 valence electrons. The van der Waals surface area contributed by atoms with Gasteiger partial charge in [0.1, 0.15) is 0 Å². The summed E-state index contributed by atoms with van der Waals surface area (Å²) in [4.78, 5) is 14.9. The molecule has 50 heavy (non-hydrogen) atoms. The maximum Gasteiger partial charge on any atom is 0.164 e. The summed E-state index contributed by atoms with van der Waals surface area (Å²) in [6.07, 6.45) is 0. The number of aromatic nitrogens is 4. The normalized spacial score (nSPS) is 11.6. The van der Waals surface area contributed by atoms with Crippen molar-refractivity contribution in [1.82, 2.24) is 19.5 Å². The van der Waals surface area contributed by atoms with Crippen molar-refractivity contribution in [2.45, 2.75) is 0 Å². The lowest BCUT2D eigenvalue weighted by Crippen LogP contribution is -2.00. The first-order valence-corrected chi connectivity index (χ1v) is 17.5. The molecule has 0 aliphatic rings. The van der Waals surface area contributed by atoms with E-state index in [1.165, 1.54) is 53.1 Å². The van der Waals surface area contributed by atoms with Gasteiger partial charge < -0.3 is 4.57 Å². The third kappa shape index (κ3) is 4.71. The van der Waals surface area contributed by atoms with Crippen molar-refractivity contribution in [2.75, 3.05) is 0 Å². The van der Waals surface area contributed by atoms with Crippen LogP contribution in [0.3, 0.4) is 0 Å². The molecule has 5 heteroatoms. The second kappa shape index (κ2) is 11.6. The predicted octanol–water partition coefficient (Wildman–Crippen LogP) is 12.0. The molecule has 4 nitrogen and oxygen atoms in total. The fraction of sp³-hybridized carbons (Fsp3) is 0.